The summed E-state index contributed by atoms with van der Waals surface area (Å²) in [6.45, 7) is 1.93. The van der Waals surface area contributed by atoms with Gasteiger partial charge in [-0.15, -0.1) is 0 Å². The topological polar surface area (TPSA) is 78.8 Å². The quantitative estimate of drug-likeness (QED) is 0.790. The van der Waals surface area contributed by atoms with Crippen LogP contribution in [0.2, 0.25) is 0 Å². The van der Waals surface area contributed by atoms with Crippen molar-refractivity contribution in [1.82, 2.24) is 4.72 Å². The smallest absolute Gasteiger partial charge is 0.240 e. The molecule has 1 aliphatic carbocycles. The molecule has 0 spiro atoms. The van der Waals surface area contributed by atoms with Crippen LogP contribution in [0.5, 0.6) is 5.75 Å². The van der Waals surface area contributed by atoms with E-state index in [-0.39, 0.29) is 22.7 Å². The first kappa shape index (κ1) is 18.6. The monoisotopic (exact) mass is 372 g/mol. The van der Waals surface area contributed by atoms with Crippen LogP contribution in [0.3, 0.4) is 0 Å². The van der Waals surface area contributed by atoms with E-state index in [1.807, 2.05) is 13.0 Å². The molecule has 6 heteroatoms. The Kier molecular flexibility index (Phi) is 5.74. The third-order valence-electron chi connectivity index (χ3n) is 4.71. The van der Waals surface area contributed by atoms with Crippen molar-refractivity contribution in [3.63, 3.8) is 0 Å². The highest BCUT2D eigenvalue weighted by atomic mass is 32.2. The Hall–Kier alpha value is -2.18. The molecule has 2 aromatic carbocycles. The Morgan fingerprint density at radius 3 is 2.50 bits per heavy atom. The van der Waals surface area contributed by atoms with Crippen LogP contribution >= 0.6 is 0 Å². The fraction of sp³-hybridized carbons (Fsp3) is 0.350. The molecule has 1 fully saturated rings. The van der Waals surface area contributed by atoms with Crippen LogP contribution in [0.1, 0.15) is 36.8 Å². The van der Waals surface area contributed by atoms with Gasteiger partial charge in [0, 0.05) is 17.8 Å². The van der Waals surface area contributed by atoms with E-state index in [1.54, 1.807) is 48.7 Å². The minimum Gasteiger partial charge on any atom is -0.507 e. The van der Waals surface area contributed by atoms with Crippen molar-refractivity contribution in [2.45, 2.75) is 49.6 Å². The molecule has 0 unspecified atom stereocenters. The summed E-state index contributed by atoms with van der Waals surface area (Å²) < 4.78 is 28.2. The molecule has 2 aromatic rings. The number of aliphatic imine (C=N–C) groups is 1. The molecule has 2 atom stereocenters. The van der Waals surface area contributed by atoms with Gasteiger partial charge >= 0.3 is 0 Å². The van der Waals surface area contributed by atoms with E-state index in [9.17, 15) is 13.5 Å². The Balaban J connectivity index is 1.76. The van der Waals surface area contributed by atoms with Gasteiger partial charge in [-0.2, -0.15) is 0 Å². The number of rotatable bonds is 5. The number of aromatic hydroxyl groups is 1. The zero-order valence-corrected chi connectivity index (χ0v) is 15.6. The van der Waals surface area contributed by atoms with Crippen LogP contribution < -0.4 is 4.72 Å². The molecule has 26 heavy (non-hydrogen) atoms. The summed E-state index contributed by atoms with van der Waals surface area (Å²) in [4.78, 5) is 4.85. The summed E-state index contributed by atoms with van der Waals surface area (Å²) >= 11 is 0. The lowest BCUT2D eigenvalue weighted by Gasteiger charge is -2.29. The maximum Gasteiger partial charge on any atom is 0.240 e. The number of phenols is 1. The molecule has 3 rings (SSSR count). The van der Waals surface area contributed by atoms with Gasteiger partial charge in [-0.3, -0.25) is 4.99 Å². The summed E-state index contributed by atoms with van der Waals surface area (Å²) in [5.74, 6) is 0.170. The largest absolute Gasteiger partial charge is 0.507 e. The maximum absolute atomic E-state index is 12.7. The third kappa shape index (κ3) is 4.51. The Morgan fingerprint density at radius 1 is 1.08 bits per heavy atom. The van der Waals surface area contributed by atoms with Crippen molar-refractivity contribution < 1.29 is 13.5 Å². The Morgan fingerprint density at radius 2 is 1.77 bits per heavy atom. The summed E-state index contributed by atoms with van der Waals surface area (Å²) in [5, 5.41) is 9.86. The van der Waals surface area contributed by atoms with Crippen molar-refractivity contribution in [3.05, 3.63) is 59.7 Å². The van der Waals surface area contributed by atoms with E-state index in [2.05, 4.69) is 9.71 Å². The van der Waals surface area contributed by atoms with E-state index in [0.29, 0.717) is 5.56 Å². The van der Waals surface area contributed by atoms with E-state index >= 15 is 0 Å². The first-order chi connectivity index (χ1) is 12.5. The average molecular weight is 372 g/mol. The minimum absolute atomic E-state index is 0.136. The minimum atomic E-state index is -3.57. The van der Waals surface area contributed by atoms with Crippen LogP contribution in [0.15, 0.2) is 58.4 Å². The summed E-state index contributed by atoms with van der Waals surface area (Å²) in [5.41, 5.74) is 1.66. The van der Waals surface area contributed by atoms with Crippen molar-refractivity contribution in [1.29, 1.82) is 0 Å². The SMILES string of the molecule is Cc1ccc(S(=O)(=O)N[C@@H]2CCCC[C@H]2N=Cc2ccccc2O)cc1. The van der Waals surface area contributed by atoms with Gasteiger partial charge in [-0.25, -0.2) is 13.1 Å². The molecule has 0 saturated heterocycles. The molecular weight excluding hydrogens is 348 g/mol. The Labute approximate surface area is 154 Å². The first-order valence-electron chi connectivity index (χ1n) is 8.86. The number of hydrogen-bond acceptors (Lipinski definition) is 4. The molecule has 0 aromatic heterocycles. The Bertz CT molecular complexity index is 876. The van der Waals surface area contributed by atoms with E-state index in [4.69, 9.17) is 0 Å². The van der Waals surface area contributed by atoms with Gasteiger partial charge in [0.05, 0.1) is 10.9 Å². The molecule has 1 aliphatic rings. The highest BCUT2D eigenvalue weighted by molar-refractivity contribution is 7.89. The van der Waals surface area contributed by atoms with Gasteiger partial charge in [-0.1, -0.05) is 42.7 Å². The normalized spacial score (nSPS) is 21.1. The van der Waals surface area contributed by atoms with Gasteiger partial charge in [0.2, 0.25) is 10.0 Å². The van der Waals surface area contributed by atoms with Crippen LogP contribution in [-0.4, -0.2) is 31.8 Å². The second-order valence-corrected chi connectivity index (χ2v) is 8.44. The van der Waals surface area contributed by atoms with E-state index in [1.165, 1.54) is 0 Å². The molecule has 0 aliphatic heterocycles. The van der Waals surface area contributed by atoms with Gasteiger partial charge < -0.3 is 5.11 Å². The lowest BCUT2D eigenvalue weighted by molar-refractivity contribution is 0.363. The highest BCUT2D eigenvalue weighted by Gasteiger charge is 2.29. The fourth-order valence-corrected chi connectivity index (χ4v) is 4.49. The summed E-state index contributed by atoms with van der Waals surface area (Å²) in [6.07, 6.45) is 5.22. The molecule has 1 saturated carbocycles. The lowest BCUT2D eigenvalue weighted by atomic mass is 9.91. The zero-order chi connectivity index (χ0) is 18.6. The number of nitrogens with one attached hydrogen (secondary N) is 1. The molecule has 138 valence electrons. The van der Waals surface area contributed by atoms with Gasteiger partial charge in [0.15, 0.2) is 0 Å². The predicted molar refractivity (Wildman–Crippen MR) is 103 cm³/mol. The highest BCUT2D eigenvalue weighted by Crippen LogP contribution is 2.24. The molecule has 0 bridgehead atoms. The van der Waals surface area contributed by atoms with Crippen LogP contribution in [0.4, 0.5) is 0 Å². The van der Waals surface area contributed by atoms with Crippen molar-refractivity contribution >= 4 is 16.2 Å². The van der Waals surface area contributed by atoms with E-state index < -0.39 is 10.0 Å². The molecular formula is C20H24N2O3S. The number of hydrogen-bond donors (Lipinski definition) is 2. The lowest BCUT2D eigenvalue weighted by Crippen LogP contribution is -2.44. The van der Waals surface area contributed by atoms with E-state index in [0.717, 1.165) is 31.2 Å². The number of para-hydroxylation sites is 1. The molecule has 2 N–H and O–H groups in total. The third-order valence-corrected chi connectivity index (χ3v) is 6.21. The van der Waals surface area contributed by atoms with Crippen LogP contribution in [0, 0.1) is 6.92 Å². The predicted octanol–water partition coefficient (Wildman–Crippen LogP) is 3.41. The first-order valence-corrected chi connectivity index (χ1v) is 10.3. The number of aryl methyl sites for hydroxylation is 1. The van der Waals surface area contributed by atoms with Gasteiger partial charge in [0.1, 0.15) is 5.75 Å². The van der Waals surface area contributed by atoms with Crippen LogP contribution in [-0.2, 0) is 10.0 Å². The average Bonchev–Trinajstić information content (AvgIpc) is 2.62. The summed E-state index contributed by atoms with van der Waals surface area (Å²) in [6, 6.07) is 13.5. The maximum atomic E-state index is 12.7. The second-order valence-electron chi connectivity index (χ2n) is 6.73. The molecule has 5 nitrogen and oxygen atoms in total. The zero-order valence-electron chi connectivity index (χ0n) is 14.8. The standard InChI is InChI=1S/C20H24N2O3S/c1-15-10-12-17(13-11-15)26(24,25)22-19-8-4-3-7-18(19)21-14-16-6-2-5-9-20(16)23/h2,5-6,9-14,18-19,22-23H,3-4,7-8H2,1H3/t18-,19-/m1/s1. The van der Waals surface area contributed by atoms with Gasteiger partial charge in [0.25, 0.3) is 0 Å². The summed E-state index contributed by atoms with van der Waals surface area (Å²) in [7, 11) is -3.57. The number of phenolic OH excluding ortho intramolecular Hbond substituents is 1. The van der Waals surface area contributed by atoms with Crippen molar-refractivity contribution in [2.24, 2.45) is 4.99 Å². The van der Waals surface area contributed by atoms with Gasteiger partial charge in [-0.05, 0) is 44.0 Å². The fourth-order valence-electron chi connectivity index (χ4n) is 3.18. The molecule has 0 heterocycles. The number of sulfonamides is 1. The van der Waals surface area contributed by atoms with Crippen molar-refractivity contribution in [3.8, 4) is 5.75 Å². The second kappa shape index (κ2) is 8.01. The molecule has 0 radical (unpaired) electrons. The number of benzene rings is 2. The van der Waals surface area contributed by atoms with Crippen LogP contribution in [0.25, 0.3) is 0 Å². The van der Waals surface area contributed by atoms with Crippen molar-refractivity contribution in [2.75, 3.05) is 0 Å². The number of nitrogens with zero attached hydrogens (tertiary/aromatic N) is 1. The molecule has 0 amide bonds.